The highest BCUT2D eigenvalue weighted by Gasteiger charge is 2.46. The number of likely N-dealkylation sites (tertiary alicyclic amines) is 1. The quantitative estimate of drug-likeness (QED) is 0.380. The maximum absolute atomic E-state index is 14.2. The molecule has 1 saturated heterocycles. The Hall–Kier alpha value is -3.60. The first-order valence-electron chi connectivity index (χ1n) is 11.7. The summed E-state index contributed by atoms with van der Waals surface area (Å²) in [5.74, 6) is -1.37. The van der Waals surface area contributed by atoms with Crippen LogP contribution in [0.2, 0.25) is 0 Å². The van der Waals surface area contributed by atoms with Gasteiger partial charge in [-0.3, -0.25) is 14.4 Å². The van der Waals surface area contributed by atoms with E-state index in [-0.39, 0.29) is 17.7 Å². The standard InChI is InChI=1S/C25H22B3F2N3O5/c1-13(22(35)33-11-14(23(36)38-31)9-24(29,30)12-33)37-15-6-7-16-18(8-15)21(34)32-10-19(16)17-4-2-3-5-20(17)25(26,27)28/h2-8,10,13-14H,9,11-12,31H2,1H3,(H,32,34)/t13-,14+/m1/s1. The van der Waals surface area contributed by atoms with Gasteiger partial charge in [0, 0.05) is 24.7 Å². The maximum atomic E-state index is 14.2. The molecule has 2 atom stereocenters. The summed E-state index contributed by atoms with van der Waals surface area (Å²) in [6, 6.07) is 11.5. The molecule has 3 N–H and O–H groups in total. The Labute approximate surface area is 221 Å². The number of fused-ring (bicyclic) bond motifs is 1. The number of alkyl halides is 2. The Kier molecular flexibility index (Phi) is 7.43. The molecule has 0 saturated carbocycles. The molecule has 0 aliphatic carbocycles. The summed E-state index contributed by atoms with van der Waals surface area (Å²) in [4.78, 5) is 44.9. The van der Waals surface area contributed by atoms with Crippen LogP contribution in [-0.4, -0.2) is 70.4 Å². The van der Waals surface area contributed by atoms with Gasteiger partial charge in [0.1, 0.15) is 5.75 Å². The van der Waals surface area contributed by atoms with Gasteiger partial charge < -0.3 is 19.5 Å². The monoisotopic (exact) mass is 515 g/mol. The summed E-state index contributed by atoms with van der Waals surface area (Å²) in [5, 5.41) is -0.861. The lowest BCUT2D eigenvalue weighted by atomic mass is 9.39. The molecule has 1 amide bonds. The first-order valence-corrected chi connectivity index (χ1v) is 11.7. The number of nitrogens with two attached hydrogens (primary N) is 1. The lowest BCUT2D eigenvalue weighted by Gasteiger charge is -2.37. The van der Waals surface area contributed by atoms with Gasteiger partial charge in [0.05, 0.1) is 41.4 Å². The van der Waals surface area contributed by atoms with Gasteiger partial charge in [-0.25, -0.2) is 8.78 Å². The zero-order valence-corrected chi connectivity index (χ0v) is 20.4. The van der Waals surface area contributed by atoms with E-state index in [9.17, 15) is 23.2 Å². The number of H-pyrrole nitrogens is 1. The molecule has 1 aliphatic heterocycles. The van der Waals surface area contributed by atoms with Crippen LogP contribution in [0.25, 0.3) is 21.9 Å². The number of amides is 1. The summed E-state index contributed by atoms with van der Waals surface area (Å²) in [5.41, 5.74) is 1.23. The van der Waals surface area contributed by atoms with E-state index in [4.69, 9.17) is 34.2 Å². The lowest BCUT2D eigenvalue weighted by Crippen LogP contribution is -2.54. The number of nitrogens with one attached hydrogen (secondary N) is 1. The number of ether oxygens (including phenoxy) is 1. The van der Waals surface area contributed by atoms with E-state index in [1.807, 2.05) is 0 Å². The molecule has 2 aromatic carbocycles. The second kappa shape index (κ2) is 10.3. The number of carbonyl (C=O) groups is 2. The van der Waals surface area contributed by atoms with Crippen LogP contribution in [-0.2, 0) is 19.5 Å². The van der Waals surface area contributed by atoms with Crippen LogP contribution in [0.3, 0.4) is 0 Å². The van der Waals surface area contributed by atoms with E-state index >= 15 is 0 Å². The molecule has 6 radical (unpaired) electrons. The van der Waals surface area contributed by atoms with Gasteiger partial charge in [-0.2, -0.15) is 5.90 Å². The molecule has 1 aromatic heterocycles. The number of nitrogens with zero attached hydrogens (tertiary/aromatic N) is 1. The highest BCUT2D eigenvalue weighted by Crippen LogP contribution is 2.34. The Morgan fingerprint density at radius 3 is 2.55 bits per heavy atom. The Morgan fingerprint density at radius 2 is 1.87 bits per heavy atom. The normalized spacial score (nSPS) is 18.1. The molecular formula is C25H22B3F2N3O5. The molecule has 38 heavy (non-hydrogen) atoms. The van der Waals surface area contributed by atoms with Gasteiger partial charge in [-0.1, -0.05) is 29.8 Å². The Bertz CT molecular complexity index is 1440. The van der Waals surface area contributed by atoms with E-state index in [1.165, 1.54) is 25.3 Å². The first kappa shape index (κ1) is 27.4. The van der Waals surface area contributed by atoms with Crippen molar-refractivity contribution >= 4 is 46.2 Å². The second-order valence-electron chi connectivity index (χ2n) is 9.39. The lowest BCUT2D eigenvalue weighted by molar-refractivity contribution is -0.166. The van der Waals surface area contributed by atoms with Crippen LogP contribution in [0.15, 0.2) is 53.5 Å². The van der Waals surface area contributed by atoms with Gasteiger partial charge in [-0.15, -0.1) is 5.11 Å². The molecular weight excluding hydrogens is 493 g/mol. The van der Waals surface area contributed by atoms with Crippen molar-refractivity contribution in [3.63, 3.8) is 0 Å². The summed E-state index contributed by atoms with van der Waals surface area (Å²) in [6.07, 6.45) is -0.465. The van der Waals surface area contributed by atoms with E-state index < -0.39 is 53.5 Å². The minimum atomic E-state index is -3.30. The minimum absolute atomic E-state index is 0.154. The zero-order valence-electron chi connectivity index (χ0n) is 20.4. The smallest absolute Gasteiger partial charge is 0.329 e. The number of halogens is 2. The third-order valence-corrected chi connectivity index (χ3v) is 6.39. The van der Waals surface area contributed by atoms with Crippen molar-refractivity contribution in [3.8, 4) is 16.9 Å². The predicted molar refractivity (Wildman–Crippen MR) is 139 cm³/mol. The molecule has 190 valence electrons. The van der Waals surface area contributed by atoms with Crippen molar-refractivity contribution < 1.29 is 27.9 Å². The summed E-state index contributed by atoms with van der Waals surface area (Å²) in [6.45, 7) is 0.220. The molecule has 1 fully saturated rings. The predicted octanol–water partition coefficient (Wildman–Crippen LogP) is 1.48. The Morgan fingerprint density at radius 1 is 1.16 bits per heavy atom. The third-order valence-electron chi connectivity index (χ3n) is 6.39. The van der Waals surface area contributed by atoms with Crippen LogP contribution in [0, 0.1) is 5.92 Å². The fraction of sp³-hybridized carbons (Fsp3) is 0.320. The Balaban J connectivity index is 1.62. The van der Waals surface area contributed by atoms with Gasteiger partial charge >= 0.3 is 5.97 Å². The van der Waals surface area contributed by atoms with Crippen LogP contribution in [0.4, 0.5) is 8.78 Å². The minimum Gasteiger partial charge on any atom is -0.481 e. The van der Waals surface area contributed by atoms with Crippen LogP contribution in [0.5, 0.6) is 5.75 Å². The van der Waals surface area contributed by atoms with Gasteiger partial charge in [-0.05, 0) is 36.1 Å². The number of aromatic amines is 1. The topological polar surface area (TPSA) is 115 Å². The van der Waals surface area contributed by atoms with Gasteiger partial charge in [0.25, 0.3) is 17.4 Å². The van der Waals surface area contributed by atoms with Crippen molar-refractivity contribution in [1.82, 2.24) is 9.88 Å². The molecule has 8 nitrogen and oxygen atoms in total. The first-order chi connectivity index (χ1) is 17.8. The molecule has 1 aliphatic rings. The second-order valence-corrected chi connectivity index (χ2v) is 9.39. The fourth-order valence-electron chi connectivity index (χ4n) is 4.66. The summed E-state index contributed by atoms with van der Waals surface area (Å²) >= 11 is 0. The number of carbonyl (C=O) groups excluding carboxylic acids is 2. The van der Waals surface area contributed by atoms with Crippen LogP contribution in [0.1, 0.15) is 18.9 Å². The van der Waals surface area contributed by atoms with E-state index in [0.717, 1.165) is 4.90 Å². The van der Waals surface area contributed by atoms with Crippen molar-refractivity contribution in [2.24, 2.45) is 11.8 Å². The fourth-order valence-corrected chi connectivity index (χ4v) is 4.66. The largest absolute Gasteiger partial charge is 0.481 e. The highest BCUT2D eigenvalue weighted by atomic mass is 19.3. The van der Waals surface area contributed by atoms with Crippen molar-refractivity contribution in [1.29, 1.82) is 0 Å². The average Bonchev–Trinajstić information content (AvgIpc) is 2.86. The molecule has 0 unspecified atom stereocenters. The molecule has 3 aromatic rings. The third kappa shape index (κ3) is 5.62. The summed E-state index contributed by atoms with van der Waals surface area (Å²) < 4.78 is 34.1. The average molecular weight is 515 g/mol. The van der Waals surface area contributed by atoms with Crippen LogP contribution < -0.4 is 16.2 Å². The molecule has 0 spiro atoms. The zero-order chi connectivity index (χ0) is 27.8. The summed E-state index contributed by atoms with van der Waals surface area (Å²) in [7, 11) is 17.8. The van der Waals surface area contributed by atoms with Crippen molar-refractivity contribution in [2.45, 2.75) is 30.5 Å². The van der Waals surface area contributed by atoms with E-state index in [2.05, 4.69) is 9.82 Å². The molecule has 2 heterocycles. The molecule has 13 heteroatoms. The molecule has 4 rings (SSSR count). The highest BCUT2D eigenvalue weighted by molar-refractivity contribution is 6.59. The van der Waals surface area contributed by atoms with Gasteiger partial charge in [0.15, 0.2) is 6.10 Å². The van der Waals surface area contributed by atoms with Crippen molar-refractivity contribution in [2.75, 3.05) is 13.1 Å². The van der Waals surface area contributed by atoms with E-state index in [0.29, 0.717) is 22.1 Å². The number of rotatable bonds is 6. The van der Waals surface area contributed by atoms with E-state index in [1.54, 1.807) is 30.3 Å². The number of hydrogen-bond acceptors (Lipinski definition) is 6. The number of piperidine rings is 1. The van der Waals surface area contributed by atoms with Crippen molar-refractivity contribution in [3.05, 3.63) is 64.6 Å². The number of benzene rings is 2. The number of aromatic nitrogens is 1. The maximum Gasteiger partial charge on any atom is 0.329 e. The van der Waals surface area contributed by atoms with Crippen LogP contribution >= 0.6 is 0 Å². The molecule has 0 bridgehead atoms. The SMILES string of the molecule is [B]C([B])([B])c1ccccc1-c1c[nH]c(=O)c2cc(O[C@H](C)C(=O)N3C[C@@H](C(=O)ON)CC(F)(F)C3)ccc12. The number of hydrogen-bond donors (Lipinski definition) is 2. The number of pyridine rings is 1. The van der Waals surface area contributed by atoms with Gasteiger partial charge in [0.2, 0.25) is 0 Å².